The number of nitrogens with zero attached hydrogens (tertiary/aromatic N) is 1. The van der Waals surface area contributed by atoms with E-state index in [0.717, 1.165) is 29.1 Å². The minimum Gasteiger partial charge on any atom is -0.487 e. The van der Waals surface area contributed by atoms with Crippen LogP contribution in [0.3, 0.4) is 0 Å². The van der Waals surface area contributed by atoms with Gasteiger partial charge in [-0.3, -0.25) is 9.59 Å². The molecule has 2 amide bonds. The highest BCUT2D eigenvalue weighted by atomic mass is 32.1. The molecule has 1 aliphatic carbocycles. The average Bonchev–Trinajstić information content (AvgIpc) is 3.26. The zero-order valence-corrected chi connectivity index (χ0v) is 18.0. The van der Waals surface area contributed by atoms with Crippen LogP contribution in [0.25, 0.3) is 6.08 Å². The van der Waals surface area contributed by atoms with Crippen molar-refractivity contribution in [2.75, 3.05) is 5.32 Å². The maximum absolute atomic E-state index is 12.4. The van der Waals surface area contributed by atoms with E-state index in [1.807, 2.05) is 36.6 Å². The van der Waals surface area contributed by atoms with E-state index in [0.29, 0.717) is 22.9 Å². The van der Waals surface area contributed by atoms with E-state index in [9.17, 15) is 9.59 Å². The predicted octanol–water partition coefficient (Wildman–Crippen LogP) is 4.64. The lowest BCUT2D eigenvalue weighted by atomic mass is 10.2. The number of carbonyl (C=O) groups excluding carboxylic acids is 2. The Kier molecular flexibility index (Phi) is 6.25. The van der Waals surface area contributed by atoms with Crippen molar-refractivity contribution in [1.82, 2.24) is 10.3 Å². The Morgan fingerprint density at radius 2 is 2.07 bits per heavy atom. The Labute approximate surface area is 182 Å². The van der Waals surface area contributed by atoms with Gasteiger partial charge in [-0.2, -0.15) is 0 Å². The first-order chi connectivity index (χ1) is 14.6. The number of ether oxygens (including phenoxy) is 1. The number of aromatic nitrogens is 1. The molecule has 0 saturated heterocycles. The minimum absolute atomic E-state index is 0.144. The third kappa shape index (κ3) is 5.34. The summed E-state index contributed by atoms with van der Waals surface area (Å²) in [6.07, 6.45) is 5.18. The molecule has 0 spiro atoms. The number of thiazole rings is 1. The van der Waals surface area contributed by atoms with Gasteiger partial charge in [0.15, 0.2) is 0 Å². The van der Waals surface area contributed by atoms with Crippen molar-refractivity contribution in [2.45, 2.75) is 32.4 Å². The number of benzene rings is 1. The molecule has 30 heavy (non-hydrogen) atoms. The van der Waals surface area contributed by atoms with Crippen LogP contribution in [0.5, 0.6) is 5.75 Å². The molecule has 2 heterocycles. The third-order valence-corrected chi connectivity index (χ3v) is 6.09. The van der Waals surface area contributed by atoms with Gasteiger partial charge in [0.25, 0.3) is 5.91 Å². The summed E-state index contributed by atoms with van der Waals surface area (Å²) in [6.45, 7) is 2.33. The molecule has 1 fully saturated rings. The first-order valence-corrected chi connectivity index (χ1v) is 11.3. The number of hydrogen-bond acceptors (Lipinski definition) is 6. The van der Waals surface area contributed by atoms with Crippen LogP contribution in [0, 0.1) is 6.92 Å². The van der Waals surface area contributed by atoms with Gasteiger partial charge >= 0.3 is 0 Å². The van der Waals surface area contributed by atoms with Gasteiger partial charge in [0.1, 0.15) is 17.4 Å². The van der Waals surface area contributed by atoms with E-state index < -0.39 is 0 Å². The molecule has 1 aromatic carbocycles. The molecule has 0 radical (unpaired) electrons. The Balaban J connectivity index is 1.38. The van der Waals surface area contributed by atoms with E-state index >= 15 is 0 Å². The fourth-order valence-electron chi connectivity index (χ4n) is 2.77. The number of para-hydroxylation sites is 1. The number of thiophene rings is 1. The SMILES string of the molecule is Cc1nc(COc2ccccc2/C=C/C(=O)Nc2sccc2C(=O)NC2CC2)cs1. The number of hydrogen-bond donors (Lipinski definition) is 2. The number of anilines is 1. The molecule has 4 rings (SSSR count). The largest absolute Gasteiger partial charge is 0.487 e. The number of rotatable bonds is 8. The lowest BCUT2D eigenvalue weighted by Gasteiger charge is -2.08. The minimum atomic E-state index is -0.303. The van der Waals surface area contributed by atoms with Gasteiger partial charge < -0.3 is 15.4 Å². The summed E-state index contributed by atoms with van der Waals surface area (Å²) < 4.78 is 5.88. The summed E-state index contributed by atoms with van der Waals surface area (Å²) >= 11 is 2.91. The number of aryl methyl sites for hydroxylation is 1. The molecule has 6 nitrogen and oxygen atoms in total. The molecule has 0 aliphatic heterocycles. The fourth-order valence-corrected chi connectivity index (χ4v) is 4.16. The summed E-state index contributed by atoms with van der Waals surface area (Å²) in [4.78, 5) is 29.1. The van der Waals surface area contributed by atoms with Crippen molar-refractivity contribution in [1.29, 1.82) is 0 Å². The van der Waals surface area contributed by atoms with Crippen molar-refractivity contribution in [3.8, 4) is 5.75 Å². The monoisotopic (exact) mass is 439 g/mol. The van der Waals surface area contributed by atoms with E-state index in [2.05, 4.69) is 15.6 Å². The van der Waals surface area contributed by atoms with Crippen molar-refractivity contribution in [2.24, 2.45) is 0 Å². The van der Waals surface area contributed by atoms with E-state index in [1.54, 1.807) is 28.9 Å². The third-order valence-electron chi connectivity index (χ3n) is 4.43. The Morgan fingerprint density at radius 1 is 1.23 bits per heavy atom. The maximum Gasteiger partial charge on any atom is 0.254 e. The topological polar surface area (TPSA) is 80.3 Å². The van der Waals surface area contributed by atoms with Crippen LogP contribution in [0.4, 0.5) is 5.00 Å². The van der Waals surface area contributed by atoms with Gasteiger partial charge in [0.05, 0.1) is 16.3 Å². The van der Waals surface area contributed by atoms with Crippen LogP contribution < -0.4 is 15.4 Å². The van der Waals surface area contributed by atoms with Crippen LogP contribution in [0.15, 0.2) is 47.2 Å². The molecule has 0 atom stereocenters. The second-order valence-electron chi connectivity index (χ2n) is 6.92. The van der Waals surface area contributed by atoms with Gasteiger partial charge in [-0.25, -0.2) is 4.98 Å². The lowest BCUT2D eigenvalue weighted by molar-refractivity contribution is -0.111. The number of amides is 2. The van der Waals surface area contributed by atoms with Crippen molar-refractivity contribution in [3.05, 3.63) is 69.0 Å². The first kappa shape index (κ1) is 20.3. The molecule has 154 valence electrons. The molecular formula is C22H21N3O3S2. The summed E-state index contributed by atoms with van der Waals surface area (Å²) in [6, 6.07) is 9.50. The Bertz CT molecular complexity index is 1080. The summed E-state index contributed by atoms with van der Waals surface area (Å²) in [7, 11) is 0. The van der Waals surface area contributed by atoms with Crippen molar-refractivity contribution >= 4 is 45.6 Å². The molecule has 3 aromatic rings. The normalized spacial score (nSPS) is 13.4. The van der Waals surface area contributed by atoms with Crippen LogP contribution in [-0.2, 0) is 11.4 Å². The number of carbonyl (C=O) groups is 2. The highest BCUT2D eigenvalue weighted by Crippen LogP contribution is 2.26. The molecule has 8 heteroatoms. The fraction of sp³-hybridized carbons (Fsp3) is 0.227. The molecule has 0 unspecified atom stereocenters. The highest BCUT2D eigenvalue weighted by molar-refractivity contribution is 7.14. The quantitative estimate of drug-likeness (QED) is 0.501. The second kappa shape index (κ2) is 9.23. The Morgan fingerprint density at radius 3 is 2.83 bits per heavy atom. The molecule has 1 saturated carbocycles. The van der Waals surface area contributed by atoms with Crippen molar-refractivity contribution < 1.29 is 14.3 Å². The van der Waals surface area contributed by atoms with E-state index in [4.69, 9.17) is 4.74 Å². The number of nitrogens with one attached hydrogen (secondary N) is 2. The van der Waals surface area contributed by atoms with E-state index in [-0.39, 0.29) is 17.9 Å². The van der Waals surface area contributed by atoms with Crippen molar-refractivity contribution in [3.63, 3.8) is 0 Å². The maximum atomic E-state index is 12.4. The van der Waals surface area contributed by atoms with Gasteiger partial charge in [-0.05, 0) is 43.4 Å². The first-order valence-electron chi connectivity index (χ1n) is 9.59. The smallest absolute Gasteiger partial charge is 0.254 e. The average molecular weight is 440 g/mol. The van der Waals surface area contributed by atoms with Gasteiger partial charge in [0, 0.05) is 23.1 Å². The van der Waals surface area contributed by atoms with Crippen LogP contribution in [0.2, 0.25) is 0 Å². The van der Waals surface area contributed by atoms with Gasteiger partial charge in [0.2, 0.25) is 5.91 Å². The summed E-state index contributed by atoms with van der Waals surface area (Å²) in [5.41, 5.74) is 2.16. The zero-order valence-electron chi connectivity index (χ0n) is 16.4. The molecule has 2 aromatic heterocycles. The van der Waals surface area contributed by atoms with Gasteiger partial charge in [-0.15, -0.1) is 22.7 Å². The lowest BCUT2D eigenvalue weighted by Crippen LogP contribution is -2.26. The molecular weight excluding hydrogens is 418 g/mol. The standard InChI is InChI=1S/C22H21N3O3S2/c1-14-23-17(13-30-14)12-28-19-5-3-2-4-15(19)6-9-20(26)25-22-18(10-11-29-22)21(27)24-16-7-8-16/h2-6,9-11,13,16H,7-8,12H2,1H3,(H,24,27)(H,25,26)/b9-6+. The predicted molar refractivity (Wildman–Crippen MR) is 120 cm³/mol. The van der Waals surface area contributed by atoms with E-state index in [1.165, 1.54) is 17.4 Å². The zero-order chi connectivity index (χ0) is 20.9. The Hall–Kier alpha value is -2.97. The highest BCUT2D eigenvalue weighted by Gasteiger charge is 2.25. The molecule has 0 bridgehead atoms. The second-order valence-corrected chi connectivity index (χ2v) is 8.90. The molecule has 2 N–H and O–H groups in total. The van der Waals surface area contributed by atoms with Crippen LogP contribution >= 0.6 is 22.7 Å². The van der Waals surface area contributed by atoms with Crippen LogP contribution in [0.1, 0.15) is 39.5 Å². The van der Waals surface area contributed by atoms with Gasteiger partial charge in [-0.1, -0.05) is 18.2 Å². The summed E-state index contributed by atoms with van der Waals surface area (Å²) in [5.74, 6) is 0.227. The summed E-state index contributed by atoms with van der Waals surface area (Å²) in [5, 5.41) is 11.1. The van der Waals surface area contributed by atoms with Crippen LogP contribution in [-0.4, -0.2) is 22.8 Å². The molecule has 1 aliphatic rings.